The molecule has 2 aromatic heterocycles. The zero-order valence-corrected chi connectivity index (χ0v) is 36.6. The average Bonchev–Trinajstić information content (AvgIpc) is 3.78. The van der Waals surface area contributed by atoms with Crippen molar-refractivity contribution >= 4 is 58.2 Å². The van der Waals surface area contributed by atoms with Gasteiger partial charge >= 0.3 is 35.0 Å². The number of ether oxygens (including phenoxy) is 2. The molecule has 0 aliphatic carbocycles. The molecule has 19 heteroatoms. The first kappa shape index (κ1) is 59.3. The van der Waals surface area contributed by atoms with Gasteiger partial charge in [0.2, 0.25) is 17.5 Å². The minimum Gasteiger partial charge on any atom is -1.00 e. The summed E-state index contributed by atoms with van der Waals surface area (Å²) >= 11 is 0. The van der Waals surface area contributed by atoms with Crippen LogP contribution in [-0.4, -0.2) is 126 Å². The molecule has 0 unspecified atom stereocenters. The van der Waals surface area contributed by atoms with Gasteiger partial charge in [-0.2, -0.15) is 30.8 Å². The molecule has 2 heterocycles. The fourth-order valence-corrected chi connectivity index (χ4v) is 3.16. The number of carbonyl (C=O) groups is 6. The molecular weight excluding hydrogens is 781 g/mol. The molecule has 0 aromatic carbocycles. The summed E-state index contributed by atoms with van der Waals surface area (Å²) in [4.78, 5) is 72.0. The molecule has 0 aliphatic rings. The van der Waals surface area contributed by atoms with E-state index in [0.29, 0.717) is 5.69 Å². The van der Waals surface area contributed by atoms with Gasteiger partial charge in [0.05, 0.1) is 38.4 Å². The number of hydroxylamine groups is 2. The summed E-state index contributed by atoms with van der Waals surface area (Å²) in [5.74, 6) is -0.488. The largest absolute Gasteiger partial charge is 2.00 e. The Morgan fingerprint density at radius 2 is 1.19 bits per heavy atom. The Labute approximate surface area is 345 Å². The second kappa shape index (κ2) is 30.3. The molecule has 0 saturated heterocycles. The number of hydrogen-bond acceptors (Lipinski definition) is 14. The first-order valence-corrected chi connectivity index (χ1v) is 16.0. The normalized spacial score (nSPS) is 11.6. The molecule has 0 radical (unpaired) electrons. The number of terminal acetylenes is 2. The second-order valence-corrected chi connectivity index (χ2v) is 13.3. The van der Waals surface area contributed by atoms with Gasteiger partial charge in [-0.05, 0) is 54.4 Å². The summed E-state index contributed by atoms with van der Waals surface area (Å²) < 4.78 is 10.2. The average molecular weight is 836 g/mol. The Hall–Kier alpha value is -4.01. The molecular formula is C35H55BrMgN8O9. The SMILES string of the molecule is C#CC(=O)[C@H](C)CC(=O)OC(C)(C)C.CC(C)C(=O)c1cn[nH]n1.CON(C)C(=O)[C@H](C)CC(=O)OC(C)(C)C.C[C@H](N)C(=O)c1cn[nH]n1.[Br-].[C-]#C.[Mg+2]. The summed E-state index contributed by atoms with van der Waals surface area (Å²) in [6.45, 7) is 19.3. The van der Waals surface area contributed by atoms with E-state index >= 15 is 0 Å². The fourth-order valence-electron chi connectivity index (χ4n) is 3.16. The molecule has 0 saturated carbocycles. The minimum atomic E-state index is -0.521. The number of nitrogens with two attached hydrogens (primary N) is 1. The van der Waals surface area contributed by atoms with Crippen molar-refractivity contribution in [3.05, 3.63) is 30.2 Å². The predicted molar refractivity (Wildman–Crippen MR) is 197 cm³/mol. The van der Waals surface area contributed by atoms with Crippen molar-refractivity contribution in [1.29, 1.82) is 0 Å². The third-order valence-electron chi connectivity index (χ3n) is 5.65. The van der Waals surface area contributed by atoms with Gasteiger partial charge < -0.3 is 45.0 Å². The van der Waals surface area contributed by atoms with Crippen molar-refractivity contribution in [2.75, 3.05) is 14.2 Å². The van der Waals surface area contributed by atoms with E-state index in [0.717, 1.165) is 5.06 Å². The molecule has 54 heavy (non-hydrogen) atoms. The van der Waals surface area contributed by atoms with Crippen LogP contribution in [0.2, 0.25) is 0 Å². The van der Waals surface area contributed by atoms with Gasteiger partial charge in [-0.3, -0.25) is 33.6 Å². The van der Waals surface area contributed by atoms with Crippen molar-refractivity contribution in [3.63, 3.8) is 0 Å². The number of rotatable bonds is 11. The maximum Gasteiger partial charge on any atom is 2.00 e. The number of nitrogens with one attached hydrogen (secondary N) is 2. The van der Waals surface area contributed by atoms with E-state index in [9.17, 15) is 28.8 Å². The molecule has 3 atom stereocenters. The Morgan fingerprint density at radius 1 is 0.815 bits per heavy atom. The molecule has 298 valence electrons. The van der Waals surface area contributed by atoms with Crippen LogP contribution in [0.4, 0.5) is 0 Å². The van der Waals surface area contributed by atoms with E-state index < -0.39 is 35.0 Å². The number of amides is 1. The van der Waals surface area contributed by atoms with Crippen LogP contribution in [-0.2, 0) is 33.5 Å². The van der Waals surface area contributed by atoms with Crippen molar-refractivity contribution in [2.45, 2.75) is 106 Å². The maximum absolute atomic E-state index is 11.6. The van der Waals surface area contributed by atoms with E-state index in [1.54, 1.807) is 62.3 Å². The number of hydrogen-bond donors (Lipinski definition) is 3. The van der Waals surface area contributed by atoms with Gasteiger partial charge in [0.15, 0.2) is 5.78 Å². The molecule has 0 bridgehead atoms. The van der Waals surface area contributed by atoms with Crippen molar-refractivity contribution in [2.24, 2.45) is 23.5 Å². The van der Waals surface area contributed by atoms with Crippen LogP contribution in [0.3, 0.4) is 0 Å². The Bertz CT molecular complexity index is 1400. The number of Topliss-reactive ketones (excluding diaryl/α,β-unsaturated/α-hetero) is 3. The van der Waals surface area contributed by atoms with Gasteiger partial charge in [-0.25, -0.2) is 5.06 Å². The zero-order chi connectivity index (χ0) is 41.4. The Balaban J connectivity index is -0.000000195. The number of nitrogens with zero attached hydrogens (tertiary/aromatic N) is 5. The molecule has 4 N–H and O–H groups in total. The number of aromatic nitrogens is 6. The van der Waals surface area contributed by atoms with E-state index in [4.69, 9.17) is 32.9 Å². The first-order chi connectivity index (χ1) is 23.9. The monoisotopic (exact) mass is 834 g/mol. The molecule has 0 aliphatic heterocycles. The van der Waals surface area contributed by atoms with E-state index in [2.05, 4.69) is 37.2 Å². The van der Waals surface area contributed by atoms with Crippen molar-refractivity contribution in [1.82, 2.24) is 35.9 Å². The van der Waals surface area contributed by atoms with Crippen LogP contribution < -0.4 is 22.7 Å². The number of ketones is 3. The summed E-state index contributed by atoms with van der Waals surface area (Å²) in [6, 6.07) is -0.509. The van der Waals surface area contributed by atoms with Gasteiger partial charge in [-0.15, -0.1) is 6.42 Å². The van der Waals surface area contributed by atoms with Crippen LogP contribution in [0.5, 0.6) is 0 Å². The summed E-state index contributed by atoms with van der Waals surface area (Å²) in [6.07, 6.45) is 16.8. The van der Waals surface area contributed by atoms with E-state index in [-0.39, 0.29) is 93.7 Å². The third kappa shape index (κ3) is 29.4. The topological polar surface area (TPSA) is 243 Å². The van der Waals surface area contributed by atoms with Crippen LogP contribution in [0, 0.1) is 42.9 Å². The van der Waals surface area contributed by atoms with E-state index in [1.807, 2.05) is 19.8 Å². The summed E-state index contributed by atoms with van der Waals surface area (Å²) in [5, 5.41) is 20.0. The van der Waals surface area contributed by atoms with Crippen LogP contribution in [0.1, 0.15) is 110 Å². The molecule has 2 rings (SSSR count). The van der Waals surface area contributed by atoms with Crippen LogP contribution >= 0.6 is 0 Å². The van der Waals surface area contributed by atoms with Crippen molar-refractivity contribution in [3.8, 4) is 18.8 Å². The molecule has 2 aromatic rings. The first-order valence-electron chi connectivity index (χ1n) is 16.0. The fraction of sp³-hybridized carbons (Fsp3) is 0.600. The number of esters is 2. The zero-order valence-electron chi connectivity index (χ0n) is 33.6. The van der Waals surface area contributed by atoms with Crippen LogP contribution in [0.15, 0.2) is 12.4 Å². The standard InChI is InChI=1S/C11H21NO4.C11H16O3.C6H9N3O.C5H8N4O.C2H.BrH.Mg/c1-8(10(14)12(5)15-6)7-9(13)16-11(2,3)4;1-6-9(12)8(2)7-10(13)14-11(3,4)5;1-4(2)6(10)5-3-7-9-8-5;1-3(6)5(10)4-2-7-9-8-4;1-2;;/h8H,7H2,1-6H3;1,8H,7H2,2-5H3;3-4H,1-2H3,(H,7,8,9);2-3H,6H2,1H3,(H,7,8,9);1H;1H;/q;;;;-1;;+2/p-1/t2*8-;;3-;;;/m11.0.../s1. The molecule has 17 nitrogen and oxygen atoms in total. The van der Waals surface area contributed by atoms with Crippen molar-refractivity contribution < 1.29 is 60.1 Å². The summed E-state index contributed by atoms with van der Waals surface area (Å²) in [7, 11) is 2.91. The van der Waals surface area contributed by atoms with Gasteiger partial charge in [0.25, 0.3) is 0 Å². The number of H-pyrrole nitrogens is 2. The number of aromatic amines is 2. The Morgan fingerprint density at radius 3 is 1.46 bits per heavy atom. The number of carbonyl (C=O) groups excluding carboxylic acids is 6. The quantitative estimate of drug-likeness (QED) is 0.0503. The minimum absolute atomic E-state index is 0. The van der Waals surface area contributed by atoms with Crippen LogP contribution in [0.25, 0.3) is 0 Å². The number of halogens is 1. The van der Waals surface area contributed by atoms with Gasteiger partial charge in [-0.1, -0.05) is 27.7 Å². The smallest absolute Gasteiger partial charge is 1.00 e. The maximum atomic E-state index is 11.6. The van der Waals surface area contributed by atoms with Gasteiger partial charge in [0.1, 0.15) is 22.6 Å². The third-order valence-corrected chi connectivity index (χ3v) is 5.65. The molecule has 1 amide bonds. The predicted octanol–water partition coefficient (Wildman–Crippen LogP) is -0.262. The second-order valence-electron chi connectivity index (χ2n) is 13.3. The van der Waals surface area contributed by atoms with Gasteiger partial charge in [0, 0.05) is 24.8 Å². The summed E-state index contributed by atoms with van der Waals surface area (Å²) in [5.41, 5.74) is 4.96. The molecule has 0 spiro atoms. The Kier molecular flexibility index (Phi) is 33.3. The molecule has 0 fully saturated rings. The van der Waals surface area contributed by atoms with E-state index in [1.165, 1.54) is 26.6 Å².